The van der Waals surface area contributed by atoms with E-state index in [0.29, 0.717) is 22.1 Å². The third-order valence-corrected chi connectivity index (χ3v) is 2.55. The molecular weight excluding hydrogens is 256 g/mol. The zero-order valence-corrected chi connectivity index (χ0v) is 10.3. The Morgan fingerprint density at radius 1 is 1.50 bits per heavy atom. The molecule has 0 aliphatic carbocycles. The van der Waals surface area contributed by atoms with Crippen molar-refractivity contribution in [3.63, 3.8) is 0 Å². The summed E-state index contributed by atoms with van der Waals surface area (Å²) in [6.45, 7) is 0. The topological polar surface area (TPSA) is 85.7 Å². The SMILES string of the molecule is Cn1cc(Oc2ccc(/C(N)=N/O)c(Cl)c2)cn1. The van der Waals surface area contributed by atoms with Gasteiger partial charge in [0.1, 0.15) is 5.75 Å². The number of hydrogen-bond acceptors (Lipinski definition) is 4. The third-order valence-electron chi connectivity index (χ3n) is 2.24. The monoisotopic (exact) mass is 266 g/mol. The molecular formula is C11H11ClN4O2. The molecule has 0 atom stereocenters. The van der Waals surface area contributed by atoms with E-state index in [1.54, 1.807) is 42.3 Å². The van der Waals surface area contributed by atoms with Gasteiger partial charge in [-0.25, -0.2) is 0 Å². The van der Waals surface area contributed by atoms with Gasteiger partial charge in [-0.2, -0.15) is 5.10 Å². The maximum Gasteiger partial charge on any atom is 0.171 e. The molecule has 1 aromatic carbocycles. The van der Waals surface area contributed by atoms with Crippen LogP contribution < -0.4 is 10.5 Å². The quantitative estimate of drug-likeness (QED) is 0.385. The molecule has 3 N–H and O–H groups in total. The first-order valence-corrected chi connectivity index (χ1v) is 5.42. The molecule has 0 saturated carbocycles. The van der Waals surface area contributed by atoms with E-state index in [9.17, 15) is 0 Å². The first-order valence-electron chi connectivity index (χ1n) is 5.04. The number of hydrogen-bond donors (Lipinski definition) is 2. The predicted molar refractivity (Wildman–Crippen MR) is 67.2 cm³/mol. The van der Waals surface area contributed by atoms with Gasteiger partial charge in [-0.1, -0.05) is 16.8 Å². The molecule has 0 unspecified atom stereocenters. The highest BCUT2D eigenvalue weighted by molar-refractivity contribution is 6.34. The van der Waals surface area contributed by atoms with E-state index < -0.39 is 0 Å². The average molecular weight is 267 g/mol. The Morgan fingerprint density at radius 2 is 2.28 bits per heavy atom. The second-order valence-electron chi connectivity index (χ2n) is 3.58. The maximum absolute atomic E-state index is 8.58. The minimum atomic E-state index is -0.0482. The van der Waals surface area contributed by atoms with Crippen molar-refractivity contribution in [2.24, 2.45) is 17.9 Å². The van der Waals surface area contributed by atoms with Crippen molar-refractivity contribution in [2.75, 3.05) is 0 Å². The van der Waals surface area contributed by atoms with Crippen LogP contribution in [-0.4, -0.2) is 20.8 Å². The molecule has 2 rings (SSSR count). The fraction of sp³-hybridized carbons (Fsp3) is 0.0909. The summed E-state index contributed by atoms with van der Waals surface area (Å²) in [7, 11) is 1.79. The van der Waals surface area contributed by atoms with Crippen molar-refractivity contribution in [2.45, 2.75) is 0 Å². The van der Waals surface area contributed by atoms with Crippen LogP contribution in [0.4, 0.5) is 0 Å². The van der Waals surface area contributed by atoms with Gasteiger partial charge in [0, 0.05) is 18.7 Å². The first-order chi connectivity index (χ1) is 8.60. The first kappa shape index (κ1) is 12.3. The van der Waals surface area contributed by atoms with Crippen LogP contribution in [0.2, 0.25) is 5.02 Å². The van der Waals surface area contributed by atoms with E-state index in [0.717, 1.165) is 0 Å². The smallest absolute Gasteiger partial charge is 0.171 e. The number of aromatic nitrogens is 2. The Hall–Kier alpha value is -2.21. The minimum absolute atomic E-state index is 0.0482. The number of ether oxygens (including phenoxy) is 1. The summed E-state index contributed by atoms with van der Waals surface area (Å²) < 4.78 is 7.16. The highest BCUT2D eigenvalue weighted by atomic mass is 35.5. The van der Waals surface area contributed by atoms with Crippen LogP contribution in [0.5, 0.6) is 11.5 Å². The summed E-state index contributed by atoms with van der Waals surface area (Å²) >= 11 is 6.00. The second-order valence-corrected chi connectivity index (χ2v) is 3.99. The number of nitrogens with two attached hydrogens (primary N) is 1. The van der Waals surface area contributed by atoms with Crippen LogP contribution in [0.1, 0.15) is 5.56 Å². The fourth-order valence-electron chi connectivity index (χ4n) is 1.41. The summed E-state index contributed by atoms with van der Waals surface area (Å²) in [5, 5.41) is 15.8. The summed E-state index contributed by atoms with van der Waals surface area (Å²) in [6, 6.07) is 4.87. The summed E-state index contributed by atoms with van der Waals surface area (Å²) in [4.78, 5) is 0. The molecule has 0 aliphatic heterocycles. The number of benzene rings is 1. The number of amidine groups is 1. The summed E-state index contributed by atoms with van der Waals surface area (Å²) in [6.07, 6.45) is 3.32. The molecule has 0 fully saturated rings. The van der Waals surface area contributed by atoms with E-state index >= 15 is 0 Å². The van der Waals surface area contributed by atoms with Gasteiger partial charge in [-0.3, -0.25) is 4.68 Å². The lowest BCUT2D eigenvalue weighted by Crippen LogP contribution is -2.13. The highest BCUT2D eigenvalue weighted by Crippen LogP contribution is 2.26. The molecule has 2 aromatic rings. The van der Waals surface area contributed by atoms with Crippen LogP contribution in [0.25, 0.3) is 0 Å². The second kappa shape index (κ2) is 4.97. The molecule has 7 heteroatoms. The number of oxime groups is 1. The van der Waals surface area contributed by atoms with E-state index in [4.69, 9.17) is 27.3 Å². The summed E-state index contributed by atoms with van der Waals surface area (Å²) in [5.41, 5.74) is 5.90. The number of nitrogens with zero attached hydrogens (tertiary/aromatic N) is 3. The lowest BCUT2D eigenvalue weighted by molar-refractivity contribution is 0.318. The van der Waals surface area contributed by atoms with Gasteiger partial charge in [-0.15, -0.1) is 0 Å². The highest BCUT2D eigenvalue weighted by Gasteiger charge is 2.08. The largest absolute Gasteiger partial charge is 0.454 e. The Kier molecular flexibility index (Phi) is 3.38. The van der Waals surface area contributed by atoms with Crippen LogP contribution in [0.15, 0.2) is 35.7 Å². The van der Waals surface area contributed by atoms with Gasteiger partial charge in [-0.05, 0) is 12.1 Å². The van der Waals surface area contributed by atoms with Crippen molar-refractivity contribution in [3.05, 3.63) is 41.2 Å². The van der Waals surface area contributed by atoms with E-state index in [2.05, 4.69) is 10.3 Å². The number of rotatable bonds is 3. The lowest BCUT2D eigenvalue weighted by Gasteiger charge is -2.06. The van der Waals surface area contributed by atoms with Crippen molar-refractivity contribution < 1.29 is 9.94 Å². The molecule has 1 heterocycles. The van der Waals surface area contributed by atoms with E-state index in [-0.39, 0.29) is 5.84 Å². The Balaban J connectivity index is 2.24. The zero-order valence-electron chi connectivity index (χ0n) is 9.54. The number of halogens is 1. The standard InChI is InChI=1S/C11H11ClN4O2/c1-16-6-8(5-14-16)18-7-2-3-9(10(12)4-7)11(13)15-17/h2-6,17H,1H3,(H2,13,15). The Morgan fingerprint density at radius 3 is 2.83 bits per heavy atom. The molecule has 6 nitrogen and oxygen atoms in total. The molecule has 0 aliphatic rings. The van der Waals surface area contributed by atoms with Crippen molar-refractivity contribution >= 4 is 17.4 Å². The Labute approximate surface area is 108 Å². The van der Waals surface area contributed by atoms with Crippen LogP contribution >= 0.6 is 11.6 Å². The van der Waals surface area contributed by atoms with E-state index in [1.165, 1.54) is 0 Å². The maximum atomic E-state index is 8.58. The molecule has 1 aromatic heterocycles. The summed E-state index contributed by atoms with van der Waals surface area (Å²) in [5.74, 6) is 1.10. The predicted octanol–water partition coefficient (Wildman–Crippen LogP) is 1.96. The molecule has 0 saturated heterocycles. The van der Waals surface area contributed by atoms with Crippen LogP contribution in [0.3, 0.4) is 0 Å². The lowest BCUT2D eigenvalue weighted by atomic mass is 10.2. The number of aryl methyl sites for hydroxylation is 1. The van der Waals surface area contributed by atoms with Gasteiger partial charge in [0.25, 0.3) is 0 Å². The van der Waals surface area contributed by atoms with Crippen LogP contribution in [0, 0.1) is 0 Å². The molecule has 0 radical (unpaired) electrons. The molecule has 0 amide bonds. The molecule has 18 heavy (non-hydrogen) atoms. The van der Waals surface area contributed by atoms with Gasteiger partial charge in [0.2, 0.25) is 0 Å². The normalized spacial score (nSPS) is 11.6. The van der Waals surface area contributed by atoms with Crippen LogP contribution in [-0.2, 0) is 7.05 Å². The van der Waals surface area contributed by atoms with Gasteiger partial charge >= 0.3 is 0 Å². The molecule has 0 bridgehead atoms. The fourth-order valence-corrected chi connectivity index (χ4v) is 1.68. The van der Waals surface area contributed by atoms with E-state index in [1.807, 2.05) is 0 Å². The average Bonchev–Trinajstić information content (AvgIpc) is 2.74. The third kappa shape index (κ3) is 2.54. The molecule has 0 spiro atoms. The molecule has 94 valence electrons. The van der Waals surface area contributed by atoms with Crippen molar-refractivity contribution in [3.8, 4) is 11.5 Å². The Bertz CT molecular complexity index is 594. The van der Waals surface area contributed by atoms with Gasteiger partial charge < -0.3 is 15.7 Å². The van der Waals surface area contributed by atoms with Crippen molar-refractivity contribution in [1.29, 1.82) is 0 Å². The zero-order chi connectivity index (χ0) is 13.1. The van der Waals surface area contributed by atoms with Gasteiger partial charge in [0.15, 0.2) is 11.6 Å². The minimum Gasteiger partial charge on any atom is -0.454 e. The van der Waals surface area contributed by atoms with Gasteiger partial charge in [0.05, 0.1) is 17.4 Å². The van der Waals surface area contributed by atoms with Crippen molar-refractivity contribution in [1.82, 2.24) is 9.78 Å².